The van der Waals surface area contributed by atoms with E-state index in [1.54, 1.807) is 0 Å². The fraction of sp³-hybridized carbons (Fsp3) is 0.538. The van der Waals surface area contributed by atoms with Crippen molar-refractivity contribution in [1.29, 1.82) is 0 Å². The Morgan fingerprint density at radius 2 is 1.93 bits per heavy atom. The second-order valence-electron chi connectivity index (χ2n) is 9.05. The number of rotatable bonds is 9. The standard InChI is InChI=1S/C26H38O3/c1-19(15-16-21-12-9-10-14-24(21)26(3,4)29)11-7-5-6-8-13-22-17-23(27)18-25(28)20(22)2/h6,8-10,12-14,19,23,25,27-29H,2,5,7,11,15-18H2,1,3-4H3/t19-,23-,25+/m1/s1. The molecule has 0 heterocycles. The van der Waals surface area contributed by atoms with Gasteiger partial charge in [0, 0.05) is 6.42 Å². The lowest BCUT2D eigenvalue weighted by Crippen LogP contribution is -2.26. The topological polar surface area (TPSA) is 60.7 Å². The molecule has 0 amide bonds. The number of hydrogen-bond donors (Lipinski definition) is 3. The van der Waals surface area contributed by atoms with Gasteiger partial charge >= 0.3 is 0 Å². The molecular weight excluding hydrogens is 360 g/mol. The molecule has 3 N–H and O–H groups in total. The molecule has 0 radical (unpaired) electrons. The van der Waals surface area contributed by atoms with Crippen molar-refractivity contribution in [2.45, 2.75) is 83.5 Å². The summed E-state index contributed by atoms with van der Waals surface area (Å²) in [7, 11) is 0. The van der Waals surface area contributed by atoms with Crippen molar-refractivity contribution in [2.24, 2.45) is 5.92 Å². The van der Waals surface area contributed by atoms with Gasteiger partial charge in [-0.05, 0) is 74.1 Å². The summed E-state index contributed by atoms with van der Waals surface area (Å²) >= 11 is 0. The van der Waals surface area contributed by atoms with Crippen LogP contribution in [0.1, 0.15) is 70.4 Å². The Morgan fingerprint density at radius 3 is 2.66 bits per heavy atom. The van der Waals surface area contributed by atoms with Crippen molar-refractivity contribution in [3.63, 3.8) is 0 Å². The van der Waals surface area contributed by atoms with Crippen LogP contribution in [0.25, 0.3) is 0 Å². The van der Waals surface area contributed by atoms with Crippen LogP contribution in [0.4, 0.5) is 0 Å². The minimum atomic E-state index is -0.797. The molecule has 3 heteroatoms. The number of benzene rings is 1. The fourth-order valence-corrected chi connectivity index (χ4v) is 4.00. The molecule has 0 spiro atoms. The highest BCUT2D eigenvalue weighted by molar-refractivity contribution is 5.37. The average molecular weight is 399 g/mol. The predicted molar refractivity (Wildman–Crippen MR) is 121 cm³/mol. The van der Waals surface area contributed by atoms with E-state index in [0.717, 1.165) is 42.4 Å². The highest BCUT2D eigenvalue weighted by Crippen LogP contribution is 2.28. The number of aliphatic hydroxyl groups is 3. The zero-order valence-corrected chi connectivity index (χ0v) is 18.3. The SMILES string of the molecule is C=C1C(=CC=CCCC[C@@H](C)CCc2ccccc2C(C)(C)O)C[C@@H](O)C[C@@H]1O. The van der Waals surface area contributed by atoms with Gasteiger partial charge < -0.3 is 15.3 Å². The molecule has 1 saturated carbocycles. The van der Waals surface area contributed by atoms with E-state index in [9.17, 15) is 15.3 Å². The predicted octanol–water partition coefficient (Wildman–Crippen LogP) is 5.21. The molecule has 3 atom stereocenters. The summed E-state index contributed by atoms with van der Waals surface area (Å²) < 4.78 is 0. The lowest BCUT2D eigenvalue weighted by atomic mass is 9.86. The maximum absolute atomic E-state index is 10.4. The van der Waals surface area contributed by atoms with Gasteiger partial charge in [-0.25, -0.2) is 0 Å². The van der Waals surface area contributed by atoms with E-state index in [1.165, 1.54) is 12.0 Å². The first-order valence-electron chi connectivity index (χ1n) is 10.9. The quantitative estimate of drug-likeness (QED) is 0.501. The van der Waals surface area contributed by atoms with Crippen LogP contribution in [0, 0.1) is 5.92 Å². The third-order valence-corrected chi connectivity index (χ3v) is 5.85. The van der Waals surface area contributed by atoms with Gasteiger partial charge in [-0.2, -0.15) is 0 Å². The Kier molecular flexibility index (Phi) is 8.88. The monoisotopic (exact) mass is 398 g/mol. The Morgan fingerprint density at radius 1 is 1.21 bits per heavy atom. The van der Waals surface area contributed by atoms with E-state index in [0.29, 0.717) is 18.8 Å². The zero-order chi connectivity index (χ0) is 21.4. The van der Waals surface area contributed by atoms with Crippen LogP contribution in [0.3, 0.4) is 0 Å². The van der Waals surface area contributed by atoms with Gasteiger partial charge in [0.25, 0.3) is 0 Å². The molecule has 3 nitrogen and oxygen atoms in total. The second-order valence-corrected chi connectivity index (χ2v) is 9.05. The summed E-state index contributed by atoms with van der Waals surface area (Å²) in [6, 6.07) is 8.20. The van der Waals surface area contributed by atoms with Gasteiger partial charge in [-0.3, -0.25) is 0 Å². The summed E-state index contributed by atoms with van der Waals surface area (Å²) in [6.45, 7) is 9.93. The van der Waals surface area contributed by atoms with E-state index in [-0.39, 0.29) is 0 Å². The summed E-state index contributed by atoms with van der Waals surface area (Å²) in [4.78, 5) is 0. The number of allylic oxidation sites excluding steroid dienone is 3. The number of hydrogen-bond acceptors (Lipinski definition) is 3. The van der Waals surface area contributed by atoms with Gasteiger partial charge in [-0.1, -0.05) is 62.4 Å². The Hall–Kier alpha value is -1.68. The minimum absolute atomic E-state index is 0.387. The molecule has 1 aromatic rings. The van der Waals surface area contributed by atoms with Crippen LogP contribution >= 0.6 is 0 Å². The van der Waals surface area contributed by atoms with Crippen molar-refractivity contribution in [1.82, 2.24) is 0 Å². The van der Waals surface area contributed by atoms with E-state index in [2.05, 4.69) is 25.6 Å². The second kappa shape index (κ2) is 10.9. The molecule has 2 rings (SSSR count). The molecule has 0 saturated heterocycles. The molecule has 1 fully saturated rings. The maximum atomic E-state index is 10.4. The Bertz CT molecular complexity index is 724. The zero-order valence-electron chi connectivity index (χ0n) is 18.3. The molecule has 160 valence electrons. The van der Waals surface area contributed by atoms with Crippen LogP contribution in [0.5, 0.6) is 0 Å². The summed E-state index contributed by atoms with van der Waals surface area (Å²) in [5.41, 5.74) is 3.17. The van der Waals surface area contributed by atoms with Gasteiger partial charge in [0.15, 0.2) is 0 Å². The lowest BCUT2D eigenvalue weighted by Gasteiger charge is -2.26. The van der Waals surface area contributed by atoms with Crippen LogP contribution in [0.2, 0.25) is 0 Å². The van der Waals surface area contributed by atoms with Gasteiger partial charge in [0.05, 0.1) is 17.8 Å². The van der Waals surface area contributed by atoms with E-state index in [1.807, 2.05) is 44.2 Å². The maximum Gasteiger partial charge on any atom is 0.0843 e. The highest BCUT2D eigenvalue weighted by Gasteiger charge is 2.24. The smallest absolute Gasteiger partial charge is 0.0843 e. The molecule has 1 aromatic carbocycles. The largest absolute Gasteiger partial charge is 0.393 e. The highest BCUT2D eigenvalue weighted by atomic mass is 16.3. The van der Waals surface area contributed by atoms with Gasteiger partial charge in [0.1, 0.15) is 0 Å². The number of aryl methyl sites for hydroxylation is 1. The van der Waals surface area contributed by atoms with Crippen molar-refractivity contribution >= 4 is 0 Å². The molecule has 0 aliphatic heterocycles. The first-order chi connectivity index (χ1) is 13.7. The van der Waals surface area contributed by atoms with Gasteiger partial charge in [-0.15, -0.1) is 0 Å². The third kappa shape index (κ3) is 7.58. The molecule has 1 aliphatic rings. The van der Waals surface area contributed by atoms with Crippen molar-refractivity contribution in [2.75, 3.05) is 0 Å². The van der Waals surface area contributed by atoms with Crippen LogP contribution in [0.15, 0.2) is 60.2 Å². The van der Waals surface area contributed by atoms with Crippen LogP contribution in [-0.4, -0.2) is 27.5 Å². The van der Waals surface area contributed by atoms with Gasteiger partial charge in [0.2, 0.25) is 0 Å². The number of aliphatic hydroxyl groups excluding tert-OH is 2. The van der Waals surface area contributed by atoms with Crippen molar-refractivity contribution in [3.8, 4) is 0 Å². The molecule has 0 unspecified atom stereocenters. The number of unbranched alkanes of at least 4 members (excludes halogenated alkanes) is 1. The summed E-state index contributed by atoms with van der Waals surface area (Å²) in [5.74, 6) is 0.639. The third-order valence-electron chi connectivity index (χ3n) is 5.85. The lowest BCUT2D eigenvalue weighted by molar-refractivity contribution is 0.0775. The van der Waals surface area contributed by atoms with Crippen molar-refractivity contribution in [3.05, 3.63) is 71.3 Å². The molecule has 29 heavy (non-hydrogen) atoms. The summed E-state index contributed by atoms with van der Waals surface area (Å²) in [6.07, 6.45) is 11.5. The van der Waals surface area contributed by atoms with E-state index < -0.39 is 17.8 Å². The van der Waals surface area contributed by atoms with E-state index in [4.69, 9.17) is 0 Å². The van der Waals surface area contributed by atoms with Crippen LogP contribution < -0.4 is 0 Å². The van der Waals surface area contributed by atoms with Crippen molar-refractivity contribution < 1.29 is 15.3 Å². The molecular formula is C26H38O3. The molecule has 0 aromatic heterocycles. The normalized spacial score (nSPS) is 23.1. The minimum Gasteiger partial charge on any atom is -0.393 e. The fourth-order valence-electron chi connectivity index (χ4n) is 4.00. The summed E-state index contributed by atoms with van der Waals surface area (Å²) in [5, 5.41) is 30.0. The first-order valence-corrected chi connectivity index (χ1v) is 10.9. The Labute approximate surface area is 176 Å². The molecule has 0 bridgehead atoms. The molecule has 1 aliphatic carbocycles. The Balaban J connectivity index is 1.73. The van der Waals surface area contributed by atoms with E-state index >= 15 is 0 Å². The van der Waals surface area contributed by atoms with Crippen LogP contribution in [-0.2, 0) is 12.0 Å². The first kappa shape index (κ1) is 23.6. The average Bonchev–Trinajstić information content (AvgIpc) is 2.66.